The Labute approximate surface area is 169 Å². The lowest BCUT2D eigenvalue weighted by Crippen LogP contribution is -2.35. The van der Waals surface area contributed by atoms with E-state index in [-0.39, 0.29) is 5.56 Å². The molecule has 4 rings (SSSR count). The van der Waals surface area contributed by atoms with Crippen LogP contribution in [0, 0.1) is 0 Å². The van der Waals surface area contributed by atoms with Gasteiger partial charge in [0.15, 0.2) is 0 Å². The monoisotopic (exact) mass is 420 g/mol. The van der Waals surface area contributed by atoms with E-state index in [1.54, 1.807) is 24.3 Å². The van der Waals surface area contributed by atoms with Crippen LogP contribution in [0.3, 0.4) is 0 Å². The molecule has 2 aromatic heterocycles. The van der Waals surface area contributed by atoms with Crippen LogP contribution in [0.2, 0.25) is 5.02 Å². The highest BCUT2D eigenvalue weighted by atomic mass is 35.5. The van der Waals surface area contributed by atoms with Crippen LogP contribution in [-0.4, -0.2) is 26.4 Å². The highest BCUT2D eigenvalue weighted by Gasteiger charge is 2.32. The molecular formula is C20H16ClF3N4O. The molecule has 0 spiro atoms. The van der Waals surface area contributed by atoms with Crippen molar-refractivity contribution in [2.45, 2.75) is 25.7 Å². The molecule has 0 atom stereocenters. The normalized spacial score (nSPS) is 14.6. The molecule has 1 N–H and O–H groups in total. The topological polar surface area (TPSA) is 61.9 Å². The molecule has 29 heavy (non-hydrogen) atoms. The summed E-state index contributed by atoms with van der Waals surface area (Å²) in [5, 5.41) is 0.599. The lowest BCUT2D eigenvalue weighted by molar-refractivity contribution is -0.141. The molecule has 150 valence electrons. The van der Waals surface area contributed by atoms with Crippen LogP contribution in [0.4, 0.5) is 13.2 Å². The summed E-state index contributed by atoms with van der Waals surface area (Å²) in [6.45, 7) is 1.42. The van der Waals surface area contributed by atoms with E-state index in [1.165, 1.54) is 12.3 Å². The van der Waals surface area contributed by atoms with Gasteiger partial charge in [-0.2, -0.15) is 13.2 Å². The molecule has 3 aromatic rings. The Balaban J connectivity index is 1.51. The predicted molar refractivity (Wildman–Crippen MR) is 102 cm³/mol. The minimum atomic E-state index is -4.46. The maximum atomic E-state index is 12.6. The Kier molecular flexibility index (Phi) is 5.14. The summed E-state index contributed by atoms with van der Waals surface area (Å²) in [4.78, 5) is 25.5. The lowest BCUT2D eigenvalue weighted by Gasteiger charge is -2.27. The maximum Gasteiger partial charge on any atom is 0.433 e. The van der Waals surface area contributed by atoms with Gasteiger partial charge in [0.2, 0.25) is 0 Å². The van der Waals surface area contributed by atoms with Crippen molar-refractivity contribution in [3.63, 3.8) is 0 Å². The van der Waals surface area contributed by atoms with Crippen molar-refractivity contribution < 1.29 is 13.2 Å². The molecule has 0 fully saturated rings. The largest absolute Gasteiger partial charge is 0.433 e. The van der Waals surface area contributed by atoms with Gasteiger partial charge in [-0.3, -0.25) is 14.7 Å². The highest BCUT2D eigenvalue weighted by Crippen LogP contribution is 2.27. The fourth-order valence-corrected chi connectivity index (χ4v) is 3.43. The van der Waals surface area contributed by atoms with Gasteiger partial charge >= 0.3 is 6.18 Å². The first-order valence-electron chi connectivity index (χ1n) is 8.92. The third kappa shape index (κ3) is 4.33. The van der Waals surface area contributed by atoms with E-state index in [0.717, 1.165) is 17.3 Å². The molecule has 0 amide bonds. The number of benzene rings is 1. The van der Waals surface area contributed by atoms with Crippen molar-refractivity contribution >= 4 is 11.6 Å². The number of H-pyrrole nitrogens is 1. The third-order valence-corrected chi connectivity index (χ3v) is 5.04. The Bertz CT molecular complexity index is 1080. The summed E-state index contributed by atoms with van der Waals surface area (Å²) >= 11 is 5.90. The number of rotatable bonds is 3. The molecule has 1 aliphatic rings. The smallest absolute Gasteiger partial charge is 0.306 e. The van der Waals surface area contributed by atoms with Gasteiger partial charge in [0.25, 0.3) is 5.56 Å². The summed E-state index contributed by atoms with van der Waals surface area (Å²) in [5.74, 6) is 0.491. The zero-order chi connectivity index (χ0) is 20.6. The Morgan fingerprint density at radius 2 is 1.90 bits per heavy atom. The standard InChI is InChI=1S/C20H16ClF3N4O/c21-14-4-2-13(3-5-14)18-26-16-7-8-28(11-15(16)19(29)27-18)10-12-1-6-17(25-9-12)20(22,23)24/h1-6,9H,7-8,10-11H2,(H,26,27,29). The number of nitrogens with zero attached hydrogens (tertiary/aromatic N) is 3. The van der Waals surface area contributed by atoms with Crippen molar-refractivity contribution in [3.8, 4) is 11.4 Å². The summed E-state index contributed by atoms with van der Waals surface area (Å²) in [6.07, 6.45) is -2.65. The van der Waals surface area contributed by atoms with E-state index in [9.17, 15) is 18.0 Å². The number of pyridine rings is 1. The van der Waals surface area contributed by atoms with Crippen LogP contribution in [0.5, 0.6) is 0 Å². The molecule has 0 bridgehead atoms. The van der Waals surface area contributed by atoms with Gasteiger partial charge in [-0.25, -0.2) is 4.98 Å². The average molecular weight is 421 g/mol. The van der Waals surface area contributed by atoms with E-state index in [2.05, 4.69) is 15.0 Å². The number of aromatic amines is 1. The second-order valence-electron chi connectivity index (χ2n) is 6.86. The fraction of sp³-hybridized carbons (Fsp3) is 0.250. The summed E-state index contributed by atoms with van der Waals surface area (Å²) < 4.78 is 37.9. The first-order valence-corrected chi connectivity index (χ1v) is 9.30. The first kappa shape index (κ1) is 19.6. The molecule has 5 nitrogen and oxygen atoms in total. The van der Waals surface area contributed by atoms with Crippen molar-refractivity contribution in [2.24, 2.45) is 0 Å². The van der Waals surface area contributed by atoms with E-state index < -0.39 is 11.9 Å². The van der Waals surface area contributed by atoms with Crippen molar-refractivity contribution in [1.82, 2.24) is 19.9 Å². The summed E-state index contributed by atoms with van der Waals surface area (Å²) in [7, 11) is 0. The molecular weight excluding hydrogens is 405 g/mol. The number of hydrogen-bond acceptors (Lipinski definition) is 4. The zero-order valence-corrected chi connectivity index (χ0v) is 15.9. The summed E-state index contributed by atoms with van der Waals surface area (Å²) in [6, 6.07) is 9.43. The van der Waals surface area contributed by atoms with E-state index in [1.807, 2.05) is 4.90 Å². The maximum absolute atomic E-state index is 12.6. The van der Waals surface area contributed by atoms with Crippen molar-refractivity contribution in [2.75, 3.05) is 6.54 Å². The Morgan fingerprint density at radius 1 is 1.14 bits per heavy atom. The van der Waals surface area contributed by atoms with Crippen LogP contribution in [0.15, 0.2) is 47.4 Å². The van der Waals surface area contributed by atoms with Crippen LogP contribution in [0.1, 0.15) is 22.5 Å². The highest BCUT2D eigenvalue weighted by molar-refractivity contribution is 6.30. The van der Waals surface area contributed by atoms with E-state index >= 15 is 0 Å². The first-order chi connectivity index (χ1) is 13.8. The SMILES string of the molecule is O=c1[nH]c(-c2ccc(Cl)cc2)nc2c1CN(Cc1ccc(C(F)(F)F)nc1)CC2. The molecule has 0 saturated heterocycles. The molecule has 0 unspecified atom stereocenters. The number of nitrogens with one attached hydrogen (secondary N) is 1. The number of halogens is 4. The number of fused-ring (bicyclic) bond motifs is 1. The fourth-order valence-electron chi connectivity index (χ4n) is 3.30. The molecule has 1 aromatic carbocycles. The molecule has 0 saturated carbocycles. The van der Waals surface area contributed by atoms with E-state index in [0.29, 0.717) is 48.0 Å². The average Bonchev–Trinajstić information content (AvgIpc) is 2.68. The van der Waals surface area contributed by atoms with E-state index in [4.69, 9.17) is 11.6 Å². The second-order valence-corrected chi connectivity index (χ2v) is 7.29. The molecule has 1 aliphatic heterocycles. The molecule has 3 heterocycles. The lowest BCUT2D eigenvalue weighted by atomic mass is 10.1. The summed E-state index contributed by atoms with van der Waals surface area (Å²) in [5.41, 5.74) is 1.61. The third-order valence-electron chi connectivity index (χ3n) is 4.79. The van der Waals surface area contributed by atoms with Gasteiger partial charge in [0, 0.05) is 42.8 Å². The van der Waals surface area contributed by atoms with Gasteiger partial charge < -0.3 is 4.98 Å². The number of aromatic nitrogens is 3. The Hall–Kier alpha value is -2.71. The van der Waals surface area contributed by atoms with Gasteiger partial charge in [-0.15, -0.1) is 0 Å². The van der Waals surface area contributed by atoms with Crippen LogP contribution in [0.25, 0.3) is 11.4 Å². The quantitative estimate of drug-likeness (QED) is 0.694. The van der Waals surface area contributed by atoms with Crippen LogP contribution in [-0.2, 0) is 25.7 Å². The number of alkyl halides is 3. The number of hydrogen-bond donors (Lipinski definition) is 1. The predicted octanol–water partition coefficient (Wildman–Crippen LogP) is 4.06. The zero-order valence-electron chi connectivity index (χ0n) is 15.1. The minimum Gasteiger partial charge on any atom is -0.306 e. The molecule has 0 radical (unpaired) electrons. The van der Waals surface area contributed by atoms with Gasteiger partial charge in [0.1, 0.15) is 11.5 Å². The van der Waals surface area contributed by atoms with Gasteiger partial charge in [-0.1, -0.05) is 17.7 Å². The minimum absolute atomic E-state index is 0.213. The molecule has 9 heteroatoms. The second kappa shape index (κ2) is 7.61. The Morgan fingerprint density at radius 3 is 2.55 bits per heavy atom. The van der Waals surface area contributed by atoms with Crippen LogP contribution >= 0.6 is 11.6 Å². The van der Waals surface area contributed by atoms with Crippen LogP contribution < -0.4 is 5.56 Å². The van der Waals surface area contributed by atoms with Gasteiger partial charge in [-0.05, 0) is 35.9 Å². The van der Waals surface area contributed by atoms with Gasteiger partial charge in [0.05, 0.1) is 11.3 Å². The molecule has 0 aliphatic carbocycles. The van der Waals surface area contributed by atoms with Crippen molar-refractivity contribution in [1.29, 1.82) is 0 Å². The van der Waals surface area contributed by atoms with Crippen molar-refractivity contribution in [3.05, 3.63) is 80.5 Å².